The molecule has 0 aliphatic carbocycles. The normalized spacial score (nSPS) is 18.4. The molecule has 1 aromatic heterocycles. The van der Waals surface area contributed by atoms with Crippen LogP contribution in [-0.2, 0) is 14.4 Å². The molecule has 1 amide bonds. The standard InChI is InChI=1S/C24H20F2N2O5/c1-13(2)21(29)19-20(16-5-3-4-6-18(16)33-24(25)26)28(23(31)22(19)30)15-9-7-14(8-10-15)17-11-12-32-27-17/h3-13,19-20,24H,1-2H3. The van der Waals surface area contributed by atoms with Gasteiger partial charge in [-0.1, -0.05) is 49.3 Å². The Morgan fingerprint density at radius 2 is 1.76 bits per heavy atom. The number of halogens is 2. The molecule has 2 aromatic carbocycles. The van der Waals surface area contributed by atoms with E-state index < -0.39 is 42.0 Å². The monoisotopic (exact) mass is 454 g/mol. The lowest BCUT2D eigenvalue weighted by Gasteiger charge is -2.29. The second kappa shape index (κ2) is 8.93. The molecule has 0 saturated carbocycles. The summed E-state index contributed by atoms with van der Waals surface area (Å²) >= 11 is 0. The van der Waals surface area contributed by atoms with Crippen molar-refractivity contribution in [3.63, 3.8) is 0 Å². The fourth-order valence-electron chi connectivity index (χ4n) is 3.99. The summed E-state index contributed by atoms with van der Waals surface area (Å²) in [5, 5.41) is 3.86. The van der Waals surface area contributed by atoms with Crippen LogP contribution in [0.1, 0.15) is 25.5 Å². The Morgan fingerprint density at radius 3 is 2.36 bits per heavy atom. The van der Waals surface area contributed by atoms with Crippen LogP contribution < -0.4 is 9.64 Å². The maximum absolute atomic E-state index is 13.1. The molecule has 1 saturated heterocycles. The van der Waals surface area contributed by atoms with Gasteiger partial charge in [-0.25, -0.2) is 0 Å². The summed E-state index contributed by atoms with van der Waals surface area (Å²) in [4.78, 5) is 40.2. The van der Waals surface area contributed by atoms with Gasteiger partial charge in [0.2, 0.25) is 5.78 Å². The van der Waals surface area contributed by atoms with Gasteiger partial charge in [-0.05, 0) is 18.2 Å². The summed E-state index contributed by atoms with van der Waals surface area (Å²) in [5.41, 5.74) is 1.76. The number of carbonyl (C=O) groups excluding carboxylic acids is 3. The third-order valence-electron chi connectivity index (χ3n) is 5.51. The van der Waals surface area contributed by atoms with Crippen molar-refractivity contribution in [2.45, 2.75) is 26.5 Å². The van der Waals surface area contributed by atoms with Crippen LogP contribution in [0.3, 0.4) is 0 Å². The zero-order valence-corrected chi connectivity index (χ0v) is 17.8. The highest BCUT2D eigenvalue weighted by atomic mass is 19.3. The topological polar surface area (TPSA) is 89.7 Å². The maximum Gasteiger partial charge on any atom is 0.387 e. The predicted molar refractivity (Wildman–Crippen MR) is 114 cm³/mol. The summed E-state index contributed by atoms with van der Waals surface area (Å²) < 4.78 is 35.6. The van der Waals surface area contributed by atoms with Gasteiger partial charge >= 0.3 is 6.61 Å². The van der Waals surface area contributed by atoms with Crippen LogP contribution in [0.2, 0.25) is 0 Å². The van der Waals surface area contributed by atoms with Crippen molar-refractivity contribution in [2.75, 3.05) is 4.90 Å². The van der Waals surface area contributed by atoms with Crippen LogP contribution in [0, 0.1) is 11.8 Å². The van der Waals surface area contributed by atoms with E-state index in [0.29, 0.717) is 16.9 Å². The second-order valence-corrected chi connectivity index (χ2v) is 7.87. The van der Waals surface area contributed by atoms with E-state index in [2.05, 4.69) is 9.89 Å². The Balaban J connectivity index is 1.83. The first-order valence-electron chi connectivity index (χ1n) is 10.2. The molecule has 4 rings (SSSR count). The zero-order chi connectivity index (χ0) is 23.7. The fourth-order valence-corrected chi connectivity index (χ4v) is 3.99. The molecule has 0 radical (unpaired) electrons. The van der Waals surface area contributed by atoms with E-state index in [0.717, 1.165) is 0 Å². The number of hydrogen-bond acceptors (Lipinski definition) is 6. The van der Waals surface area contributed by atoms with Crippen LogP contribution in [-0.4, -0.2) is 29.2 Å². The number of alkyl halides is 2. The number of carbonyl (C=O) groups is 3. The molecule has 2 unspecified atom stereocenters. The molecule has 1 aliphatic rings. The first-order chi connectivity index (χ1) is 15.8. The van der Waals surface area contributed by atoms with Crippen molar-refractivity contribution >= 4 is 23.2 Å². The number of para-hydroxylation sites is 1. The van der Waals surface area contributed by atoms with Crippen LogP contribution in [0.25, 0.3) is 11.3 Å². The SMILES string of the molecule is CC(C)C(=O)C1C(=O)C(=O)N(c2ccc(-c3ccon3)cc2)C1c1ccccc1OC(F)F. The first-order valence-corrected chi connectivity index (χ1v) is 10.2. The molecule has 33 heavy (non-hydrogen) atoms. The molecule has 0 bridgehead atoms. The van der Waals surface area contributed by atoms with Crippen LogP contribution in [0.15, 0.2) is 65.4 Å². The number of nitrogens with zero attached hydrogens (tertiary/aromatic N) is 2. The first kappa shape index (κ1) is 22.3. The quantitative estimate of drug-likeness (QED) is 0.387. The molecular weight excluding hydrogens is 434 g/mol. The van der Waals surface area contributed by atoms with Gasteiger partial charge in [-0.15, -0.1) is 0 Å². The van der Waals surface area contributed by atoms with Gasteiger partial charge in [0.1, 0.15) is 29.4 Å². The van der Waals surface area contributed by atoms with E-state index in [4.69, 9.17) is 4.52 Å². The van der Waals surface area contributed by atoms with E-state index in [-0.39, 0.29) is 11.3 Å². The van der Waals surface area contributed by atoms with Crippen LogP contribution >= 0.6 is 0 Å². The van der Waals surface area contributed by atoms with Gasteiger partial charge in [0, 0.05) is 28.8 Å². The highest BCUT2D eigenvalue weighted by Crippen LogP contribution is 2.44. The van der Waals surface area contributed by atoms with Crippen molar-refractivity contribution in [3.8, 4) is 17.0 Å². The molecule has 2 heterocycles. The van der Waals surface area contributed by atoms with Gasteiger partial charge in [0.25, 0.3) is 5.91 Å². The molecular formula is C24H20F2N2O5. The molecule has 7 nitrogen and oxygen atoms in total. The lowest BCUT2D eigenvalue weighted by atomic mass is 9.84. The molecule has 170 valence electrons. The fraction of sp³-hybridized carbons (Fsp3) is 0.250. The summed E-state index contributed by atoms with van der Waals surface area (Å²) in [6, 6.07) is 13.0. The highest BCUT2D eigenvalue weighted by molar-refractivity contribution is 6.48. The van der Waals surface area contributed by atoms with E-state index >= 15 is 0 Å². The summed E-state index contributed by atoms with van der Waals surface area (Å²) in [6.07, 6.45) is 1.42. The Bertz CT molecular complexity index is 1180. The lowest BCUT2D eigenvalue weighted by molar-refractivity contribution is -0.139. The Hall–Kier alpha value is -3.88. The lowest BCUT2D eigenvalue weighted by Crippen LogP contribution is -2.32. The number of ether oxygens (including phenoxy) is 1. The predicted octanol–water partition coefficient (Wildman–Crippen LogP) is 4.44. The summed E-state index contributed by atoms with van der Waals surface area (Å²) in [6.45, 7) is 0.121. The van der Waals surface area contributed by atoms with Gasteiger partial charge < -0.3 is 9.26 Å². The maximum atomic E-state index is 13.1. The molecule has 9 heteroatoms. The molecule has 3 aromatic rings. The average molecular weight is 454 g/mol. The van der Waals surface area contributed by atoms with Crippen molar-refractivity contribution < 1.29 is 32.4 Å². The largest absolute Gasteiger partial charge is 0.434 e. The smallest absolute Gasteiger partial charge is 0.387 e. The number of rotatable bonds is 7. The van der Waals surface area contributed by atoms with Gasteiger partial charge in [-0.3, -0.25) is 19.3 Å². The molecule has 1 aliphatic heterocycles. The number of ketones is 2. The minimum absolute atomic E-state index is 0.150. The second-order valence-electron chi connectivity index (χ2n) is 7.87. The number of Topliss-reactive ketones (excluding diaryl/α,β-unsaturated/α-hetero) is 2. The van der Waals surface area contributed by atoms with Crippen molar-refractivity contribution in [1.29, 1.82) is 0 Å². The Morgan fingerprint density at radius 1 is 1.06 bits per heavy atom. The van der Waals surface area contributed by atoms with Crippen LogP contribution in [0.5, 0.6) is 5.75 Å². The number of hydrogen-bond donors (Lipinski definition) is 0. The minimum Gasteiger partial charge on any atom is -0.434 e. The number of aromatic nitrogens is 1. The minimum atomic E-state index is -3.12. The van der Waals surface area contributed by atoms with E-state index in [1.165, 1.54) is 29.4 Å². The number of anilines is 1. The molecule has 2 atom stereocenters. The van der Waals surface area contributed by atoms with Gasteiger partial charge in [0.05, 0.1) is 6.04 Å². The third kappa shape index (κ3) is 4.13. The molecule has 0 spiro atoms. The Labute approximate surface area is 187 Å². The van der Waals surface area contributed by atoms with Crippen molar-refractivity contribution in [1.82, 2.24) is 5.16 Å². The summed E-state index contributed by atoms with van der Waals surface area (Å²) in [5.74, 6) is -4.33. The molecule has 0 N–H and O–H groups in total. The van der Waals surface area contributed by atoms with Crippen LogP contribution in [0.4, 0.5) is 14.5 Å². The van der Waals surface area contributed by atoms with Gasteiger partial charge in [0.15, 0.2) is 0 Å². The average Bonchev–Trinajstić information content (AvgIpc) is 3.41. The third-order valence-corrected chi connectivity index (χ3v) is 5.51. The highest BCUT2D eigenvalue weighted by Gasteiger charge is 2.53. The van der Waals surface area contributed by atoms with E-state index in [9.17, 15) is 23.2 Å². The van der Waals surface area contributed by atoms with E-state index in [1.807, 2.05) is 0 Å². The zero-order valence-electron chi connectivity index (χ0n) is 17.8. The molecule has 1 fully saturated rings. The summed E-state index contributed by atoms with van der Waals surface area (Å²) in [7, 11) is 0. The van der Waals surface area contributed by atoms with Crippen molar-refractivity contribution in [2.24, 2.45) is 11.8 Å². The van der Waals surface area contributed by atoms with Crippen molar-refractivity contribution in [3.05, 3.63) is 66.4 Å². The number of amides is 1. The number of benzene rings is 2. The van der Waals surface area contributed by atoms with Gasteiger partial charge in [-0.2, -0.15) is 8.78 Å². The van der Waals surface area contributed by atoms with E-state index in [1.54, 1.807) is 50.2 Å². The Kier molecular flexibility index (Phi) is 6.04.